The molecule has 0 bridgehead atoms. The zero-order valence-electron chi connectivity index (χ0n) is 12.3. The maximum atomic E-state index is 6.19. The second kappa shape index (κ2) is 7.81. The van der Waals surface area contributed by atoms with Crippen LogP contribution in [0.3, 0.4) is 0 Å². The van der Waals surface area contributed by atoms with Gasteiger partial charge in [-0.05, 0) is 31.8 Å². The number of nitrogens with zero attached hydrogens (tertiary/aromatic N) is 1. The van der Waals surface area contributed by atoms with Gasteiger partial charge in [0, 0.05) is 34.7 Å². The first-order valence-electron chi connectivity index (χ1n) is 6.94. The lowest BCUT2D eigenvalue weighted by Crippen LogP contribution is -2.30. The van der Waals surface area contributed by atoms with Crippen molar-refractivity contribution < 1.29 is 0 Å². The van der Waals surface area contributed by atoms with Crippen LogP contribution in [-0.2, 0) is 6.54 Å². The first-order valence-corrected chi connectivity index (χ1v) is 7.70. The molecule has 2 rings (SSSR count). The van der Waals surface area contributed by atoms with Crippen LogP contribution in [0.1, 0.15) is 17.2 Å². The summed E-state index contributed by atoms with van der Waals surface area (Å²) in [5.41, 5.74) is 2.24. The van der Waals surface area contributed by atoms with Gasteiger partial charge in [0.1, 0.15) is 0 Å². The molecule has 2 aromatic carbocycles. The Balaban J connectivity index is 2.00. The van der Waals surface area contributed by atoms with E-state index in [1.807, 2.05) is 24.3 Å². The molecule has 1 unspecified atom stereocenters. The molecule has 1 N–H and O–H groups in total. The van der Waals surface area contributed by atoms with Crippen LogP contribution in [-0.4, -0.2) is 25.5 Å². The molecule has 0 aliphatic heterocycles. The van der Waals surface area contributed by atoms with E-state index in [1.54, 1.807) is 0 Å². The highest BCUT2D eigenvalue weighted by molar-refractivity contribution is 6.35. The van der Waals surface area contributed by atoms with Crippen molar-refractivity contribution in [1.82, 2.24) is 10.2 Å². The molecule has 112 valence electrons. The number of hydrogen-bond donors (Lipinski definition) is 1. The van der Waals surface area contributed by atoms with Crippen molar-refractivity contribution in [2.24, 2.45) is 0 Å². The Morgan fingerprint density at radius 2 is 1.57 bits per heavy atom. The highest BCUT2D eigenvalue weighted by Gasteiger charge is 2.13. The highest BCUT2D eigenvalue weighted by atomic mass is 35.5. The quantitative estimate of drug-likeness (QED) is 0.848. The summed E-state index contributed by atoms with van der Waals surface area (Å²) >= 11 is 12.4. The van der Waals surface area contributed by atoms with Gasteiger partial charge in [0.2, 0.25) is 0 Å². The predicted octanol–water partition coefficient (Wildman–Crippen LogP) is 4.39. The number of nitrogens with one attached hydrogen (secondary N) is 1. The van der Waals surface area contributed by atoms with Gasteiger partial charge in [-0.15, -0.1) is 0 Å². The topological polar surface area (TPSA) is 15.3 Å². The molecule has 21 heavy (non-hydrogen) atoms. The van der Waals surface area contributed by atoms with E-state index in [0.29, 0.717) is 22.6 Å². The maximum absolute atomic E-state index is 6.19. The standard InChI is InChI=1S/C17H20Cl2N2/c1-21(2)17(13-7-4-3-5-8-13)12-20-11-14-15(18)9-6-10-16(14)19/h3-10,17,20H,11-12H2,1-2H3. The molecule has 0 amide bonds. The molecule has 0 aromatic heterocycles. The molecule has 0 spiro atoms. The third kappa shape index (κ3) is 4.45. The van der Waals surface area contributed by atoms with E-state index in [0.717, 1.165) is 12.1 Å². The van der Waals surface area contributed by atoms with Crippen LogP contribution in [0.15, 0.2) is 48.5 Å². The summed E-state index contributed by atoms with van der Waals surface area (Å²) in [5, 5.41) is 4.86. The molecule has 0 aliphatic carbocycles. The van der Waals surface area contributed by atoms with E-state index in [-0.39, 0.29) is 0 Å². The summed E-state index contributed by atoms with van der Waals surface area (Å²) in [7, 11) is 4.17. The molecule has 0 fully saturated rings. The fourth-order valence-corrected chi connectivity index (χ4v) is 2.84. The first-order chi connectivity index (χ1) is 10.1. The van der Waals surface area contributed by atoms with Crippen LogP contribution in [0, 0.1) is 0 Å². The van der Waals surface area contributed by atoms with Crippen molar-refractivity contribution in [2.75, 3.05) is 20.6 Å². The Morgan fingerprint density at radius 1 is 0.952 bits per heavy atom. The largest absolute Gasteiger partial charge is 0.311 e. The first kappa shape index (κ1) is 16.3. The third-order valence-corrected chi connectivity index (χ3v) is 4.22. The van der Waals surface area contributed by atoms with E-state index in [9.17, 15) is 0 Å². The van der Waals surface area contributed by atoms with Crippen molar-refractivity contribution in [3.05, 3.63) is 69.7 Å². The summed E-state index contributed by atoms with van der Waals surface area (Å²) < 4.78 is 0. The Hall–Kier alpha value is -1.06. The van der Waals surface area contributed by atoms with Crippen molar-refractivity contribution in [1.29, 1.82) is 0 Å². The molecule has 0 aliphatic rings. The van der Waals surface area contributed by atoms with Crippen LogP contribution in [0.4, 0.5) is 0 Å². The number of likely N-dealkylation sites (N-methyl/N-ethyl adjacent to an activating group) is 1. The Kier molecular flexibility index (Phi) is 6.07. The van der Waals surface area contributed by atoms with Gasteiger partial charge in [0.15, 0.2) is 0 Å². The third-order valence-electron chi connectivity index (χ3n) is 3.51. The van der Waals surface area contributed by atoms with E-state index in [1.165, 1.54) is 5.56 Å². The fourth-order valence-electron chi connectivity index (χ4n) is 2.31. The normalized spacial score (nSPS) is 12.6. The van der Waals surface area contributed by atoms with E-state index < -0.39 is 0 Å². The highest BCUT2D eigenvalue weighted by Crippen LogP contribution is 2.24. The summed E-state index contributed by atoms with van der Waals surface area (Å²) in [6.07, 6.45) is 0. The molecule has 1 atom stereocenters. The van der Waals surface area contributed by atoms with E-state index in [2.05, 4.69) is 48.6 Å². The van der Waals surface area contributed by atoms with Crippen molar-refractivity contribution in [3.63, 3.8) is 0 Å². The number of halogens is 2. The van der Waals surface area contributed by atoms with Gasteiger partial charge < -0.3 is 10.2 Å². The lowest BCUT2D eigenvalue weighted by atomic mass is 10.1. The van der Waals surface area contributed by atoms with Gasteiger partial charge in [-0.2, -0.15) is 0 Å². The molecular formula is C17H20Cl2N2. The van der Waals surface area contributed by atoms with E-state index in [4.69, 9.17) is 23.2 Å². The minimum absolute atomic E-state index is 0.312. The molecule has 0 saturated carbocycles. The van der Waals surface area contributed by atoms with Crippen molar-refractivity contribution >= 4 is 23.2 Å². The number of hydrogen-bond acceptors (Lipinski definition) is 2. The summed E-state index contributed by atoms with van der Waals surface area (Å²) in [5.74, 6) is 0. The zero-order valence-corrected chi connectivity index (χ0v) is 13.8. The molecular weight excluding hydrogens is 303 g/mol. The van der Waals surface area contributed by atoms with Gasteiger partial charge in [-0.3, -0.25) is 0 Å². The molecule has 0 saturated heterocycles. The maximum Gasteiger partial charge on any atom is 0.0466 e. The number of rotatable bonds is 6. The second-order valence-corrected chi connectivity index (χ2v) is 6.04. The summed E-state index contributed by atoms with van der Waals surface area (Å²) in [6.45, 7) is 1.49. The predicted molar refractivity (Wildman–Crippen MR) is 91.0 cm³/mol. The molecule has 4 heteroatoms. The van der Waals surface area contributed by atoms with Crippen LogP contribution in [0.5, 0.6) is 0 Å². The zero-order chi connectivity index (χ0) is 15.2. The van der Waals surface area contributed by atoms with E-state index >= 15 is 0 Å². The summed E-state index contributed by atoms with van der Waals surface area (Å²) in [4.78, 5) is 2.20. The fraction of sp³-hybridized carbons (Fsp3) is 0.294. The molecule has 0 heterocycles. The van der Waals surface area contributed by atoms with Crippen molar-refractivity contribution in [3.8, 4) is 0 Å². The molecule has 0 radical (unpaired) electrons. The second-order valence-electron chi connectivity index (χ2n) is 5.22. The lowest BCUT2D eigenvalue weighted by molar-refractivity contribution is 0.288. The van der Waals surface area contributed by atoms with Crippen LogP contribution >= 0.6 is 23.2 Å². The summed E-state index contributed by atoms with van der Waals surface area (Å²) in [6, 6.07) is 16.4. The SMILES string of the molecule is CN(C)C(CNCc1c(Cl)cccc1Cl)c1ccccc1. The van der Waals surface area contributed by atoms with Gasteiger partial charge in [0.25, 0.3) is 0 Å². The van der Waals surface area contributed by atoms with Crippen LogP contribution in [0.2, 0.25) is 10.0 Å². The minimum Gasteiger partial charge on any atom is -0.311 e. The van der Waals surface area contributed by atoms with Gasteiger partial charge in [-0.25, -0.2) is 0 Å². The van der Waals surface area contributed by atoms with Crippen LogP contribution < -0.4 is 5.32 Å². The Bertz CT molecular complexity index is 550. The monoisotopic (exact) mass is 322 g/mol. The smallest absolute Gasteiger partial charge is 0.0466 e. The Labute approximate surface area is 136 Å². The van der Waals surface area contributed by atoms with Gasteiger partial charge in [0.05, 0.1) is 0 Å². The molecule has 2 aromatic rings. The minimum atomic E-state index is 0.312. The van der Waals surface area contributed by atoms with Gasteiger partial charge in [-0.1, -0.05) is 59.6 Å². The van der Waals surface area contributed by atoms with Gasteiger partial charge >= 0.3 is 0 Å². The Morgan fingerprint density at radius 3 is 2.14 bits per heavy atom. The average Bonchev–Trinajstić information content (AvgIpc) is 2.46. The van der Waals surface area contributed by atoms with Crippen molar-refractivity contribution in [2.45, 2.75) is 12.6 Å². The molecule has 2 nitrogen and oxygen atoms in total. The number of benzene rings is 2. The lowest BCUT2D eigenvalue weighted by Gasteiger charge is -2.25. The van der Waals surface area contributed by atoms with Crippen LogP contribution in [0.25, 0.3) is 0 Å². The average molecular weight is 323 g/mol.